The van der Waals surface area contributed by atoms with Crippen molar-refractivity contribution in [3.8, 4) is 17.4 Å². The Morgan fingerprint density at radius 3 is 2.53 bits per heavy atom. The minimum atomic E-state index is -0.138. The third-order valence-electron chi connectivity index (χ3n) is 4.54. The Balaban J connectivity index is 1.48. The van der Waals surface area contributed by atoms with Crippen molar-refractivity contribution in [3.05, 3.63) is 89.8 Å². The highest BCUT2D eigenvalue weighted by atomic mass is 16.5. The fourth-order valence-electron chi connectivity index (χ4n) is 3.01. The van der Waals surface area contributed by atoms with Crippen molar-refractivity contribution in [3.63, 3.8) is 0 Å². The maximum Gasteiger partial charge on any atom is 0.255 e. The summed E-state index contributed by atoms with van der Waals surface area (Å²) >= 11 is 0. The number of rotatable bonds is 5. The summed E-state index contributed by atoms with van der Waals surface area (Å²) in [6, 6.07) is 14.7. The van der Waals surface area contributed by atoms with E-state index in [1.165, 1.54) is 0 Å². The first kappa shape index (κ1) is 19.3. The van der Waals surface area contributed by atoms with Crippen molar-refractivity contribution >= 4 is 11.6 Å². The van der Waals surface area contributed by atoms with Gasteiger partial charge in [-0.1, -0.05) is 17.7 Å². The van der Waals surface area contributed by atoms with Gasteiger partial charge in [-0.05, 0) is 56.7 Å². The zero-order valence-electron chi connectivity index (χ0n) is 17.0. The number of carbonyl (C=O) groups is 1. The van der Waals surface area contributed by atoms with Gasteiger partial charge in [-0.25, -0.2) is 9.97 Å². The fourth-order valence-corrected chi connectivity index (χ4v) is 3.01. The van der Waals surface area contributed by atoms with Gasteiger partial charge in [0.15, 0.2) is 0 Å². The molecule has 1 amide bonds. The number of nitrogens with one attached hydrogen (secondary N) is 1. The normalized spacial score (nSPS) is 10.6. The number of amides is 1. The number of carbonyl (C=O) groups excluding carboxylic acids is 1. The largest absolute Gasteiger partial charge is 0.439 e. The number of ether oxygens (including phenoxy) is 1. The van der Waals surface area contributed by atoms with Crippen molar-refractivity contribution in [1.29, 1.82) is 0 Å². The molecule has 1 N–H and O–H groups in total. The summed E-state index contributed by atoms with van der Waals surface area (Å²) in [7, 11) is 0. The van der Waals surface area contributed by atoms with Gasteiger partial charge in [0, 0.05) is 29.7 Å². The molecule has 150 valence electrons. The quantitative estimate of drug-likeness (QED) is 0.529. The highest BCUT2D eigenvalue weighted by Gasteiger charge is 2.10. The molecule has 0 fully saturated rings. The molecule has 0 radical (unpaired) electrons. The van der Waals surface area contributed by atoms with E-state index in [1.807, 2.05) is 32.0 Å². The van der Waals surface area contributed by atoms with E-state index in [0.717, 1.165) is 11.1 Å². The number of anilines is 1. The van der Waals surface area contributed by atoms with Gasteiger partial charge in [-0.2, -0.15) is 4.98 Å². The summed E-state index contributed by atoms with van der Waals surface area (Å²) in [6.45, 7) is 5.70. The molecule has 0 unspecified atom stereocenters. The molecule has 0 spiro atoms. The third kappa shape index (κ3) is 4.35. The van der Waals surface area contributed by atoms with E-state index in [0.29, 0.717) is 34.5 Å². The molecular weight excluding hydrogens is 378 g/mol. The molecule has 7 heteroatoms. The Kier molecular flexibility index (Phi) is 5.26. The molecule has 2 aromatic carbocycles. The van der Waals surface area contributed by atoms with E-state index in [1.54, 1.807) is 60.5 Å². The molecule has 0 aliphatic rings. The molecule has 2 aromatic heterocycles. The van der Waals surface area contributed by atoms with Crippen LogP contribution < -0.4 is 10.1 Å². The predicted molar refractivity (Wildman–Crippen MR) is 114 cm³/mol. The van der Waals surface area contributed by atoms with E-state index in [-0.39, 0.29) is 5.91 Å². The van der Waals surface area contributed by atoms with E-state index in [2.05, 4.69) is 20.3 Å². The van der Waals surface area contributed by atoms with Crippen LogP contribution in [0.4, 0.5) is 5.69 Å². The van der Waals surface area contributed by atoms with Gasteiger partial charge >= 0.3 is 0 Å². The first-order valence-electron chi connectivity index (χ1n) is 9.48. The second-order valence-electron chi connectivity index (χ2n) is 6.98. The Hall–Kier alpha value is -4.00. The zero-order valence-corrected chi connectivity index (χ0v) is 17.0. The van der Waals surface area contributed by atoms with Crippen molar-refractivity contribution in [2.45, 2.75) is 20.8 Å². The van der Waals surface area contributed by atoms with Gasteiger partial charge < -0.3 is 10.1 Å². The Labute approximate surface area is 174 Å². The van der Waals surface area contributed by atoms with E-state index < -0.39 is 0 Å². The number of nitrogens with zero attached hydrogens (tertiary/aromatic N) is 4. The summed E-state index contributed by atoms with van der Waals surface area (Å²) < 4.78 is 7.66. The Morgan fingerprint density at radius 2 is 1.80 bits per heavy atom. The SMILES string of the molecule is Cc1ccc(C)c(C(=O)Nc2ccc(Oc3cc(-n4ccnc4)nc(C)n3)cc2)c1. The molecule has 0 saturated heterocycles. The molecule has 0 saturated carbocycles. The van der Waals surface area contributed by atoms with Gasteiger partial charge in [-0.3, -0.25) is 9.36 Å². The number of hydrogen-bond donors (Lipinski definition) is 1. The minimum absolute atomic E-state index is 0.138. The van der Waals surface area contributed by atoms with Crippen LogP contribution in [0.5, 0.6) is 11.6 Å². The lowest BCUT2D eigenvalue weighted by atomic mass is 10.1. The summed E-state index contributed by atoms with van der Waals surface area (Å²) in [5, 5.41) is 2.92. The third-order valence-corrected chi connectivity index (χ3v) is 4.54. The predicted octanol–water partition coefficient (Wildman–Crippen LogP) is 4.63. The van der Waals surface area contributed by atoms with Crippen LogP contribution in [0.2, 0.25) is 0 Å². The maximum absolute atomic E-state index is 12.6. The van der Waals surface area contributed by atoms with Crippen molar-refractivity contribution < 1.29 is 9.53 Å². The number of benzene rings is 2. The van der Waals surface area contributed by atoms with Crippen LogP contribution in [-0.4, -0.2) is 25.4 Å². The maximum atomic E-state index is 12.6. The second kappa shape index (κ2) is 8.16. The van der Waals surface area contributed by atoms with Crippen molar-refractivity contribution in [1.82, 2.24) is 19.5 Å². The lowest BCUT2D eigenvalue weighted by Gasteiger charge is -2.10. The van der Waals surface area contributed by atoms with Crippen molar-refractivity contribution in [2.75, 3.05) is 5.32 Å². The van der Waals surface area contributed by atoms with Crippen LogP contribution in [0.3, 0.4) is 0 Å². The monoisotopic (exact) mass is 399 g/mol. The Morgan fingerprint density at radius 1 is 1.00 bits per heavy atom. The highest BCUT2D eigenvalue weighted by Crippen LogP contribution is 2.23. The highest BCUT2D eigenvalue weighted by molar-refractivity contribution is 6.05. The van der Waals surface area contributed by atoms with Gasteiger partial charge in [0.05, 0.1) is 0 Å². The second-order valence-corrected chi connectivity index (χ2v) is 6.98. The topological polar surface area (TPSA) is 81.9 Å². The smallest absolute Gasteiger partial charge is 0.255 e. The number of aromatic nitrogens is 4. The van der Waals surface area contributed by atoms with E-state index in [4.69, 9.17) is 4.74 Å². The molecule has 0 bridgehead atoms. The average molecular weight is 399 g/mol. The summed E-state index contributed by atoms with van der Waals surface area (Å²) in [5.41, 5.74) is 3.33. The summed E-state index contributed by atoms with van der Waals surface area (Å²) in [6.07, 6.45) is 5.15. The van der Waals surface area contributed by atoms with Gasteiger partial charge in [0.1, 0.15) is 23.7 Å². The molecule has 2 heterocycles. The number of aryl methyl sites for hydroxylation is 3. The molecule has 4 rings (SSSR count). The van der Waals surface area contributed by atoms with Crippen LogP contribution in [0.25, 0.3) is 5.82 Å². The van der Waals surface area contributed by atoms with Gasteiger partial charge in [0.25, 0.3) is 5.91 Å². The number of imidazole rings is 1. The van der Waals surface area contributed by atoms with Crippen LogP contribution in [0.1, 0.15) is 27.3 Å². The van der Waals surface area contributed by atoms with Gasteiger partial charge in [0.2, 0.25) is 5.88 Å². The molecular formula is C23H21N5O2. The van der Waals surface area contributed by atoms with Crippen LogP contribution in [0, 0.1) is 20.8 Å². The fraction of sp³-hybridized carbons (Fsp3) is 0.130. The first-order chi connectivity index (χ1) is 14.5. The van der Waals surface area contributed by atoms with E-state index in [9.17, 15) is 4.79 Å². The molecule has 30 heavy (non-hydrogen) atoms. The van der Waals surface area contributed by atoms with Crippen LogP contribution in [-0.2, 0) is 0 Å². The Bertz CT molecular complexity index is 1180. The number of hydrogen-bond acceptors (Lipinski definition) is 5. The molecule has 7 nitrogen and oxygen atoms in total. The van der Waals surface area contributed by atoms with Crippen LogP contribution >= 0.6 is 0 Å². The molecule has 4 aromatic rings. The minimum Gasteiger partial charge on any atom is -0.439 e. The first-order valence-corrected chi connectivity index (χ1v) is 9.48. The summed E-state index contributed by atoms with van der Waals surface area (Å²) in [4.78, 5) is 25.3. The zero-order chi connectivity index (χ0) is 21.1. The van der Waals surface area contributed by atoms with Gasteiger partial charge in [-0.15, -0.1) is 0 Å². The molecule has 0 aliphatic heterocycles. The lowest BCUT2D eigenvalue weighted by molar-refractivity contribution is 0.102. The molecule has 0 aliphatic carbocycles. The molecule has 0 atom stereocenters. The van der Waals surface area contributed by atoms with Crippen molar-refractivity contribution in [2.24, 2.45) is 0 Å². The summed E-state index contributed by atoms with van der Waals surface area (Å²) in [5.74, 6) is 2.16. The standard InChI is InChI=1S/C23H21N5O2/c1-15-4-5-16(2)20(12-15)23(29)27-18-6-8-19(9-7-18)30-22-13-21(25-17(3)26-22)28-11-10-24-14-28/h4-14H,1-3H3,(H,27,29). The van der Waals surface area contributed by atoms with Crippen LogP contribution in [0.15, 0.2) is 67.3 Å². The lowest BCUT2D eigenvalue weighted by Crippen LogP contribution is -2.13. The van der Waals surface area contributed by atoms with E-state index >= 15 is 0 Å². The average Bonchev–Trinajstić information content (AvgIpc) is 3.26.